The van der Waals surface area contributed by atoms with Crippen molar-refractivity contribution in [3.63, 3.8) is 0 Å². The van der Waals surface area contributed by atoms with E-state index >= 15 is 0 Å². The second kappa shape index (κ2) is 4.00. The van der Waals surface area contributed by atoms with Crippen LogP contribution in [0.1, 0.15) is 13.8 Å². The molecular weight excluding hydrogens is 174 g/mol. The lowest BCUT2D eigenvalue weighted by Crippen LogP contribution is -2.57. The van der Waals surface area contributed by atoms with Gasteiger partial charge in [-0.3, -0.25) is 9.80 Å². The summed E-state index contributed by atoms with van der Waals surface area (Å²) in [6.45, 7) is 6.62. The molecule has 3 heteroatoms. The molecule has 1 rings (SSSR count). The summed E-state index contributed by atoms with van der Waals surface area (Å²) in [5.41, 5.74) is -0.240. The van der Waals surface area contributed by atoms with Gasteiger partial charge in [0, 0.05) is 19.6 Å². The third kappa shape index (κ3) is 2.07. The third-order valence-corrected chi connectivity index (χ3v) is 2.94. The summed E-state index contributed by atoms with van der Waals surface area (Å²) in [6.07, 6.45) is 5.47. The number of nitriles is 1. The lowest BCUT2D eigenvalue weighted by molar-refractivity contribution is 0.0714. The molecule has 1 aliphatic heterocycles. The van der Waals surface area contributed by atoms with E-state index in [1.165, 1.54) is 0 Å². The van der Waals surface area contributed by atoms with Gasteiger partial charge in [0.2, 0.25) is 0 Å². The molecule has 0 bridgehead atoms. The second-order valence-electron chi connectivity index (χ2n) is 4.27. The molecule has 0 aliphatic carbocycles. The van der Waals surface area contributed by atoms with Crippen molar-refractivity contribution >= 4 is 0 Å². The van der Waals surface area contributed by atoms with Gasteiger partial charge in [-0.15, -0.1) is 6.42 Å². The first-order valence-electron chi connectivity index (χ1n) is 4.84. The van der Waals surface area contributed by atoms with Crippen molar-refractivity contribution in [3.05, 3.63) is 0 Å². The van der Waals surface area contributed by atoms with Crippen LogP contribution in [0.2, 0.25) is 0 Å². The van der Waals surface area contributed by atoms with Gasteiger partial charge in [0.05, 0.1) is 11.6 Å². The van der Waals surface area contributed by atoms with Crippen LogP contribution in [-0.2, 0) is 0 Å². The monoisotopic (exact) mass is 191 g/mol. The first-order valence-corrected chi connectivity index (χ1v) is 4.84. The summed E-state index contributed by atoms with van der Waals surface area (Å²) in [5.74, 6) is 2.77. The van der Waals surface area contributed by atoms with E-state index in [9.17, 15) is 0 Å². The molecule has 0 saturated carbocycles. The van der Waals surface area contributed by atoms with Gasteiger partial charge in [-0.1, -0.05) is 5.92 Å². The highest BCUT2D eigenvalue weighted by Gasteiger charge is 2.32. The smallest absolute Gasteiger partial charge is 0.110 e. The van der Waals surface area contributed by atoms with Crippen LogP contribution in [0.4, 0.5) is 0 Å². The first kappa shape index (κ1) is 11.0. The molecule has 1 fully saturated rings. The van der Waals surface area contributed by atoms with Crippen LogP contribution >= 0.6 is 0 Å². The van der Waals surface area contributed by atoms with Crippen LogP contribution in [-0.4, -0.2) is 48.1 Å². The highest BCUT2D eigenvalue weighted by molar-refractivity contribution is 5.11. The minimum Gasteiger partial charge on any atom is -0.289 e. The Kier molecular flexibility index (Phi) is 3.16. The van der Waals surface area contributed by atoms with Crippen LogP contribution in [0.25, 0.3) is 0 Å². The quantitative estimate of drug-likeness (QED) is 0.567. The van der Waals surface area contributed by atoms with Gasteiger partial charge in [0.25, 0.3) is 0 Å². The predicted molar refractivity (Wildman–Crippen MR) is 56.5 cm³/mol. The van der Waals surface area contributed by atoms with E-state index in [4.69, 9.17) is 11.7 Å². The molecule has 0 aromatic heterocycles. The number of rotatable bonds is 1. The minimum absolute atomic E-state index is 0.0311. The van der Waals surface area contributed by atoms with Crippen LogP contribution in [0, 0.1) is 23.7 Å². The van der Waals surface area contributed by atoms with Crippen molar-refractivity contribution in [2.45, 2.75) is 25.4 Å². The average molecular weight is 191 g/mol. The second-order valence-corrected chi connectivity index (χ2v) is 4.27. The fourth-order valence-electron chi connectivity index (χ4n) is 1.61. The zero-order valence-electron chi connectivity index (χ0n) is 9.12. The fourth-order valence-corrected chi connectivity index (χ4v) is 1.61. The van der Waals surface area contributed by atoms with E-state index in [0.717, 1.165) is 19.6 Å². The zero-order valence-corrected chi connectivity index (χ0v) is 9.12. The molecular formula is C11H17N3. The zero-order chi connectivity index (χ0) is 10.8. The highest BCUT2D eigenvalue weighted by Crippen LogP contribution is 2.17. The van der Waals surface area contributed by atoms with Crippen LogP contribution in [0.3, 0.4) is 0 Å². The van der Waals surface area contributed by atoms with Gasteiger partial charge in [0.15, 0.2) is 0 Å². The van der Waals surface area contributed by atoms with Crippen LogP contribution in [0.15, 0.2) is 0 Å². The maximum atomic E-state index is 8.95. The Morgan fingerprint density at radius 1 is 1.43 bits per heavy atom. The largest absolute Gasteiger partial charge is 0.289 e. The van der Waals surface area contributed by atoms with E-state index in [1.807, 2.05) is 20.9 Å². The molecule has 1 aliphatic rings. The van der Waals surface area contributed by atoms with Crippen molar-refractivity contribution in [1.82, 2.24) is 9.80 Å². The van der Waals surface area contributed by atoms with E-state index < -0.39 is 0 Å². The number of likely N-dealkylation sites (N-methyl/N-ethyl adjacent to an activating group) is 1. The molecule has 1 heterocycles. The van der Waals surface area contributed by atoms with E-state index in [0.29, 0.717) is 0 Å². The Morgan fingerprint density at radius 2 is 2.07 bits per heavy atom. The molecule has 0 N–H and O–H groups in total. The van der Waals surface area contributed by atoms with Gasteiger partial charge in [0.1, 0.15) is 6.04 Å². The van der Waals surface area contributed by atoms with Crippen molar-refractivity contribution in [2.24, 2.45) is 0 Å². The average Bonchev–Trinajstić information content (AvgIpc) is 2.18. The maximum absolute atomic E-state index is 8.95. The first-order chi connectivity index (χ1) is 6.51. The summed E-state index contributed by atoms with van der Waals surface area (Å²) >= 11 is 0. The molecule has 0 radical (unpaired) electrons. The SMILES string of the molecule is C#CC(C)(C)N1CCN(C)C(C#N)C1. The Hall–Kier alpha value is -1.03. The molecule has 14 heavy (non-hydrogen) atoms. The lowest BCUT2D eigenvalue weighted by Gasteiger charge is -2.42. The van der Waals surface area contributed by atoms with Gasteiger partial charge in [-0.2, -0.15) is 5.26 Å². The Balaban J connectivity index is 2.70. The number of nitrogens with zero attached hydrogens (tertiary/aromatic N) is 3. The van der Waals surface area contributed by atoms with Crippen molar-refractivity contribution in [2.75, 3.05) is 26.7 Å². The maximum Gasteiger partial charge on any atom is 0.110 e. The van der Waals surface area contributed by atoms with Gasteiger partial charge in [-0.05, 0) is 20.9 Å². The fraction of sp³-hybridized carbons (Fsp3) is 0.727. The number of piperazine rings is 1. The molecule has 76 valence electrons. The van der Waals surface area contributed by atoms with Crippen molar-refractivity contribution in [1.29, 1.82) is 5.26 Å². The summed E-state index contributed by atoms with van der Waals surface area (Å²) in [5, 5.41) is 8.95. The van der Waals surface area contributed by atoms with E-state index in [2.05, 4.69) is 21.8 Å². The van der Waals surface area contributed by atoms with E-state index in [1.54, 1.807) is 0 Å². The Bertz CT molecular complexity index is 282. The topological polar surface area (TPSA) is 30.3 Å². The normalized spacial score (nSPS) is 25.4. The number of hydrogen-bond acceptors (Lipinski definition) is 3. The van der Waals surface area contributed by atoms with Crippen molar-refractivity contribution < 1.29 is 0 Å². The predicted octanol–water partition coefficient (Wildman–Crippen LogP) is 0.538. The standard InChI is InChI=1S/C11H17N3/c1-5-11(2,3)14-7-6-13(4)10(8-12)9-14/h1,10H,6-7,9H2,2-4H3. The van der Waals surface area contributed by atoms with Gasteiger partial charge >= 0.3 is 0 Å². The summed E-state index contributed by atoms with van der Waals surface area (Å²) in [4.78, 5) is 4.27. The molecule has 0 aromatic carbocycles. The van der Waals surface area contributed by atoms with E-state index in [-0.39, 0.29) is 11.6 Å². The molecule has 0 spiro atoms. The van der Waals surface area contributed by atoms with Gasteiger partial charge < -0.3 is 0 Å². The number of hydrogen-bond donors (Lipinski definition) is 0. The summed E-state index contributed by atoms with van der Waals surface area (Å²) in [6, 6.07) is 2.26. The third-order valence-electron chi connectivity index (χ3n) is 2.94. The molecule has 3 nitrogen and oxygen atoms in total. The molecule has 0 amide bonds. The Labute approximate surface area is 86.3 Å². The van der Waals surface area contributed by atoms with Crippen LogP contribution < -0.4 is 0 Å². The Morgan fingerprint density at radius 3 is 2.57 bits per heavy atom. The lowest BCUT2D eigenvalue weighted by atomic mass is 10.0. The number of terminal acetylenes is 1. The molecule has 1 unspecified atom stereocenters. The molecule has 1 atom stereocenters. The summed E-state index contributed by atoms with van der Waals surface area (Å²) in [7, 11) is 1.98. The minimum atomic E-state index is -0.240. The van der Waals surface area contributed by atoms with Gasteiger partial charge in [-0.25, -0.2) is 0 Å². The highest BCUT2D eigenvalue weighted by atomic mass is 15.3. The molecule has 1 saturated heterocycles. The van der Waals surface area contributed by atoms with Crippen LogP contribution in [0.5, 0.6) is 0 Å². The summed E-state index contributed by atoms with van der Waals surface area (Å²) < 4.78 is 0. The molecule has 0 aromatic rings. The van der Waals surface area contributed by atoms with Crippen molar-refractivity contribution in [3.8, 4) is 18.4 Å².